The summed E-state index contributed by atoms with van der Waals surface area (Å²) in [5, 5.41) is 0. The molecule has 0 bridgehead atoms. The van der Waals surface area contributed by atoms with Gasteiger partial charge in [-0.15, -0.1) is 0 Å². The summed E-state index contributed by atoms with van der Waals surface area (Å²) in [4.78, 5) is 32.8. The van der Waals surface area contributed by atoms with Gasteiger partial charge in [-0.3, -0.25) is 0 Å². The lowest BCUT2D eigenvalue weighted by atomic mass is 10.1. The zero-order chi connectivity index (χ0) is 34.7. The summed E-state index contributed by atoms with van der Waals surface area (Å²) in [6.07, 6.45) is 3.45. The van der Waals surface area contributed by atoms with Crippen LogP contribution in [0.5, 0.6) is 0 Å². The van der Waals surface area contributed by atoms with Crippen LogP contribution in [-0.2, 0) is 0 Å². The number of aromatic nitrogens is 6. The van der Waals surface area contributed by atoms with E-state index in [-0.39, 0.29) is 0 Å². The first-order valence-corrected chi connectivity index (χ1v) is 17.0. The molecule has 52 heavy (non-hydrogen) atoms. The van der Waals surface area contributed by atoms with E-state index in [2.05, 4.69) is 117 Å². The van der Waals surface area contributed by atoms with E-state index in [0.29, 0.717) is 34.0 Å². The Morgan fingerprint density at radius 2 is 0.558 bits per heavy atom. The van der Waals surface area contributed by atoms with Gasteiger partial charge in [-0.05, 0) is 72.8 Å². The SMILES string of the molecule is c1ccc(N(c2ccccc2)c2ccc(-c3cnc4nc5nc(-c6ccc(N(c7ccccc7)c7ccccc7)cc6)cnc5nc4n3)cc2)cc1. The van der Waals surface area contributed by atoms with Crippen molar-refractivity contribution < 1.29 is 0 Å². The van der Waals surface area contributed by atoms with Crippen LogP contribution in [0.25, 0.3) is 45.1 Å². The molecule has 0 aliphatic carbocycles. The zero-order valence-electron chi connectivity index (χ0n) is 27.9. The maximum absolute atomic E-state index is 4.82. The molecule has 0 aliphatic heterocycles. The van der Waals surface area contributed by atoms with Crippen LogP contribution in [0.3, 0.4) is 0 Å². The van der Waals surface area contributed by atoms with E-state index in [1.807, 2.05) is 72.8 Å². The third-order valence-corrected chi connectivity index (χ3v) is 8.79. The van der Waals surface area contributed by atoms with Gasteiger partial charge in [0.1, 0.15) is 0 Å². The van der Waals surface area contributed by atoms with E-state index in [0.717, 1.165) is 45.3 Å². The number of fused-ring (bicyclic) bond motifs is 2. The van der Waals surface area contributed by atoms with Gasteiger partial charge in [0.2, 0.25) is 11.3 Å². The van der Waals surface area contributed by atoms with Crippen LogP contribution >= 0.6 is 0 Å². The molecule has 0 fully saturated rings. The number of hydrogen-bond donors (Lipinski definition) is 0. The van der Waals surface area contributed by atoms with E-state index in [1.165, 1.54) is 0 Å². The molecular formula is C44H30N8. The second-order valence-corrected chi connectivity index (χ2v) is 12.1. The van der Waals surface area contributed by atoms with Crippen molar-refractivity contribution in [3.8, 4) is 22.5 Å². The summed E-state index contributed by atoms with van der Waals surface area (Å²) in [7, 11) is 0. The molecule has 8 heteroatoms. The third-order valence-electron chi connectivity index (χ3n) is 8.79. The highest BCUT2D eigenvalue weighted by atomic mass is 15.1. The fraction of sp³-hybridized carbons (Fsp3) is 0. The second-order valence-electron chi connectivity index (χ2n) is 12.1. The molecule has 9 rings (SSSR count). The van der Waals surface area contributed by atoms with Crippen molar-refractivity contribution in [2.45, 2.75) is 0 Å². The van der Waals surface area contributed by atoms with Gasteiger partial charge in [0, 0.05) is 45.3 Å². The van der Waals surface area contributed by atoms with Crippen LogP contribution in [-0.4, -0.2) is 29.9 Å². The van der Waals surface area contributed by atoms with Crippen molar-refractivity contribution >= 4 is 56.7 Å². The van der Waals surface area contributed by atoms with Crippen LogP contribution < -0.4 is 9.80 Å². The molecule has 0 saturated carbocycles. The molecule has 0 amide bonds. The molecule has 9 aromatic rings. The maximum atomic E-state index is 4.82. The summed E-state index contributed by atoms with van der Waals surface area (Å²) in [5.74, 6) is 0. The van der Waals surface area contributed by atoms with Gasteiger partial charge in [0.25, 0.3) is 0 Å². The van der Waals surface area contributed by atoms with Gasteiger partial charge >= 0.3 is 0 Å². The zero-order valence-corrected chi connectivity index (χ0v) is 27.9. The Hall–Kier alpha value is -7.32. The second kappa shape index (κ2) is 13.5. The lowest BCUT2D eigenvalue weighted by Gasteiger charge is -2.25. The molecule has 0 radical (unpaired) electrons. The molecule has 8 nitrogen and oxygen atoms in total. The van der Waals surface area contributed by atoms with E-state index >= 15 is 0 Å². The molecule has 0 unspecified atom stereocenters. The Labute approximate surface area is 300 Å². The minimum Gasteiger partial charge on any atom is -0.311 e. The summed E-state index contributed by atoms with van der Waals surface area (Å²) in [6.45, 7) is 0. The molecule has 246 valence electrons. The fourth-order valence-electron chi connectivity index (χ4n) is 6.30. The number of hydrogen-bond acceptors (Lipinski definition) is 8. The molecule has 0 aliphatic rings. The average Bonchev–Trinajstić information content (AvgIpc) is 3.22. The number of rotatable bonds is 8. The van der Waals surface area contributed by atoms with Gasteiger partial charge in [-0.2, -0.15) is 0 Å². The standard InChI is InChI=1S/C44H30N8/c1-5-13-33(14-6-1)51(34-15-7-2-8-16-34)37-25-21-31(22-26-37)39-29-45-41-43(47-39)49-42-44(50-41)48-40(30-46-42)32-23-27-38(28-24-32)52(35-17-9-3-10-18-35)36-19-11-4-12-20-36/h1-30H. The van der Waals surface area contributed by atoms with Crippen LogP contribution in [0.2, 0.25) is 0 Å². The van der Waals surface area contributed by atoms with Gasteiger partial charge < -0.3 is 9.80 Å². The quantitative estimate of drug-likeness (QED) is 0.148. The molecule has 0 atom stereocenters. The summed E-state index contributed by atoms with van der Waals surface area (Å²) in [6, 6.07) is 57.9. The van der Waals surface area contributed by atoms with Crippen molar-refractivity contribution in [2.24, 2.45) is 0 Å². The number of nitrogens with zero attached hydrogens (tertiary/aromatic N) is 8. The summed E-state index contributed by atoms with van der Waals surface area (Å²) >= 11 is 0. The third kappa shape index (κ3) is 6.05. The Morgan fingerprint density at radius 1 is 0.269 bits per heavy atom. The van der Waals surface area contributed by atoms with E-state index in [1.54, 1.807) is 12.4 Å². The maximum Gasteiger partial charge on any atom is 0.200 e. The van der Waals surface area contributed by atoms with Crippen molar-refractivity contribution in [3.05, 3.63) is 182 Å². The molecule has 0 N–H and O–H groups in total. The van der Waals surface area contributed by atoms with Gasteiger partial charge in [-0.25, -0.2) is 29.9 Å². The summed E-state index contributed by atoms with van der Waals surface area (Å²) in [5.41, 5.74) is 11.3. The number of benzene rings is 6. The average molecular weight is 671 g/mol. The molecule has 6 aromatic carbocycles. The Morgan fingerprint density at radius 3 is 0.865 bits per heavy atom. The molecular weight excluding hydrogens is 641 g/mol. The van der Waals surface area contributed by atoms with E-state index < -0.39 is 0 Å². The smallest absolute Gasteiger partial charge is 0.200 e. The number of para-hydroxylation sites is 4. The number of anilines is 6. The largest absolute Gasteiger partial charge is 0.311 e. The van der Waals surface area contributed by atoms with Crippen molar-refractivity contribution in [1.29, 1.82) is 0 Å². The Balaban J connectivity index is 0.993. The highest BCUT2D eigenvalue weighted by Crippen LogP contribution is 2.36. The first kappa shape index (κ1) is 30.7. The van der Waals surface area contributed by atoms with Crippen molar-refractivity contribution in [3.63, 3.8) is 0 Å². The van der Waals surface area contributed by atoms with Crippen molar-refractivity contribution in [2.75, 3.05) is 9.80 Å². The predicted molar refractivity (Wildman–Crippen MR) is 208 cm³/mol. The van der Waals surface area contributed by atoms with E-state index in [4.69, 9.17) is 19.9 Å². The van der Waals surface area contributed by atoms with Gasteiger partial charge in [-0.1, -0.05) is 97.1 Å². The molecule has 3 aromatic heterocycles. The Bertz CT molecular complexity index is 2340. The van der Waals surface area contributed by atoms with Gasteiger partial charge in [0.05, 0.1) is 23.8 Å². The monoisotopic (exact) mass is 670 g/mol. The normalized spacial score (nSPS) is 11.1. The fourth-order valence-corrected chi connectivity index (χ4v) is 6.30. The van der Waals surface area contributed by atoms with Crippen LogP contribution in [0.4, 0.5) is 34.1 Å². The highest BCUT2D eigenvalue weighted by molar-refractivity contribution is 5.82. The summed E-state index contributed by atoms with van der Waals surface area (Å²) < 4.78 is 0. The highest BCUT2D eigenvalue weighted by Gasteiger charge is 2.15. The van der Waals surface area contributed by atoms with Crippen LogP contribution in [0.1, 0.15) is 0 Å². The minimum atomic E-state index is 0.412. The predicted octanol–water partition coefficient (Wildman–Crippen LogP) is 10.6. The van der Waals surface area contributed by atoms with Gasteiger partial charge in [0.15, 0.2) is 11.3 Å². The molecule has 3 heterocycles. The first-order valence-electron chi connectivity index (χ1n) is 17.0. The van der Waals surface area contributed by atoms with Crippen LogP contribution in [0.15, 0.2) is 182 Å². The van der Waals surface area contributed by atoms with Crippen LogP contribution in [0, 0.1) is 0 Å². The topological polar surface area (TPSA) is 83.8 Å². The Kier molecular flexibility index (Phi) is 7.99. The lowest BCUT2D eigenvalue weighted by Crippen LogP contribution is -2.09. The van der Waals surface area contributed by atoms with E-state index in [9.17, 15) is 0 Å². The molecule has 0 spiro atoms. The lowest BCUT2D eigenvalue weighted by molar-refractivity contribution is 1.14. The minimum absolute atomic E-state index is 0.412. The molecule has 0 saturated heterocycles. The first-order chi connectivity index (χ1) is 25.8. The van der Waals surface area contributed by atoms with Crippen molar-refractivity contribution in [1.82, 2.24) is 29.9 Å².